The number of carboxylic acid groups (broad SMARTS) is 1. The highest BCUT2D eigenvalue weighted by Gasteiger charge is 1.98. The summed E-state index contributed by atoms with van der Waals surface area (Å²) in [7, 11) is 0. The lowest BCUT2D eigenvalue weighted by Crippen LogP contribution is -2.17. The van der Waals surface area contributed by atoms with Crippen molar-refractivity contribution in [3.05, 3.63) is 29.8 Å². The maximum atomic E-state index is 10.4. The minimum Gasteiger partial charge on any atom is -0.494 e. The minimum atomic E-state index is -0.773. The molecule has 21 heavy (non-hydrogen) atoms. The zero-order valence-electron chi connectivity index (χ0n) is 12.9. The molecule has 0 saturated carbocycles. The molecule has 0 aliphatic heterocycles. The standard InChI is InChI=1S/C17H27NO3/c1-2-3-4-5-6-13-21-16-9-7-15(8-10-16)14-18-12-11-17(19)20/h7-10,18H,2-6,11-14H2,1H3,(H,19,20). The summed E-state index contributed by atoms with van der Waals surface area (Å²) < 4.78 is 5.70. The summed E-state index contributed by atoms with van der Waals surface area (Å²) in [5.74, 6) is 0.130. The van der Waals surface area contributed by atoms with Gasteiger partial charge >= 0.3 is 5.97 Å². The lowest BCUT2D eigenvalue weighted by atomic mass is 10.2. The molecule has 0 bridgehead atoms. The second-order valence-corrected chi connectivity index (χ2v) is 5.23. The largest absolute Gasteiger partial charge is 0.494 e. The van der Waals surface area contributed by atoms with Crippen molar-refractivity contribution in [2.75, 3.05) is 13.2 Å². The van der Waals surface area contributed by atoms with Gasteiger partial charge in [0, 0.05) is 13.1 Å². The van der Waals surface area contributed by atoms with Crippen LogP contribution in [0, 0.1) is 0 Å². The molecule has 0 fully saturated rings. The first kappa shape index (κ1) is 17.5. The number of ether oxygens (including phenoxy) is 1. The summed E-state index contributed by atoms with van der Waals surface area (Å²) in [6.45, 7) is 4.17. The topological polar surface area (TPSA) is 58.6 Å². The van der Waals surface area contributed by atoms with Crippen molar-refractivity contribution in [2.45, 2.75) is 52.0 Å². The number of hydrogen-bond acceptors (Lipinski definition) is 3. The summed E-state index contributed by atoms with van der Waals surface area (Å²) in [5, 5.41) is 11.6. The number of benzene rings is 1. The van der Waals surface area contributed by atoms with Crippen LogP contribution in [0.15, 0.2) is 24.3 Å². The van der Waals surface area contributed by atoms with Crippen LogP contribution >= 0.6 is 0 Å². The van der Waals surface area contributed by atoms with Crippen LogP contribution in [0.2, 0.25) is 0 Å². The van der Waals surface area contributed by atoms with Gasteiger partial charge in [-0.1, -0.05) is 44.7 Å². The van der Waals surface area contributed by atoms with Gasteiger partial charge in [-0.3, -0.25) is 4.79 Å². The van der Waals surface area contributed by atoms with E-state index in [1.54, 1.807) is 0 Å². The van der Waals surface area contributed by atoms with Gasteiger partial charge in [0.2, 0.25) is 0 Å². The molecular formula is C17H27NO3. The normalized spacial score (nSPS) is 10.5. The van der Waals surface area contributed by atoms with Crippen LogP contribution in [0.3, 0.4) is 0 Å². The Kier molecular flexibility index (Phi) is 9.29. The van der Waals surface area contributed by atoms with E-state index >= 15 is 0 Å². The van der Waals surface area contributed by atoms with Crippen molar-refractivity contribution in [3.8, 4) is 5.75 Å². The van der Waals surface area contributed by atoms with Gasteiger partial charge in [0.25, 0.3) is 0 Å². The zero-order valence-corrected chi connectivity index (χ0v) is 12.9. The average Bonchev–Trinajstić information content (AvgIpc) is 2.48. The molecule has 1 aromatic rings. The third-order valence-corrected chi connectivity index (χ3v) is 3.28. The molecule has 1 rings (SSSR count). The van der Waals surface area contributed by atoms with Crippen LogP contribution in [-0.4, -0.2) is 24.2 Å². The van der Waals surface area contributed by atoms with Gasteiger partial charge in [-0.05, 0) is 24.1 Å². The highest BCUT2D eigenvalue weighted by atomic mass is 16.5. The summed E-state index contributed by atoms with van der Waals surface area (Å²) in [4.78, 5) is 10.4. The Morgan fingerprint density at radius 3 is 2.52 bits per heavy atom. The Hall–Kier alpha value is -1.55. The first-order valence-electron chi connectivity index (χ1n) is 7.86. The van der Waals surface area contributed by atoms with Gasteiger partial charge in [0.1, 0.15) is 5.75 Å². The fraction of sp³-hybridized carbons (Fsp3) is 0.588. The number of carboxylic acids is 1. The van der Waals surface area contributed by atoms with Crippen molar-refractivity contribution >= 4 is 5.97 Å². The fourth-order valence-electron chi connectivity index (χ4n) is 2.03. The van der Waals surface area contributed by atoms with Crippen molar-refractivity contribution in [2.24, 2.45) is 0 Å². The molecule has 4 nitrogen and oxygen atoms in total. The van der Waals surface area contributed by atoms with E-state index in [-0.39, 0.29) is 6.42 Å². The van der Waals surface area contributed by atoms with E-state index in [1.165, 1.54) is 25.7 Å². The number of nitrogens with one attached hydrogen (secondary N) is 1. The first-order chi connectivity index (χ1) is 10.2. The maximum absolute atomic E-state index is 10.4. The monoisotopic (exact) mass is 293 g/mol. The number of rotatable bonds is 12. The summed E-state index contributed by atoms with van der Waals surface area (Å²) in [6.07, 6.45) is 6.37. The Morgan fingerprint density at radius 2 is 1.86 bits per heavy atom. The summed E-state index contributed by atoms with van der Waals surface area (Å²) in [5.41, 5.74) is 1.13. The van der Waals surface area contributed by atoms with E-state index in [0.717, 1.165) is 24.3 Å². The van der Waals surface area contributed by atoms with Gasteiger partial charge in [-0.25, -0.2) is 0 Å². The molecule has 0 aromatic heterocycles. The smallest absolute Gasteiger partial charge is 0.304 e. The third-order valence-electron chi connectivity index (χ3n) is 3.28. The van der Waals surface area contributed by atoms with Crippen LogP contribution in [0.4, 0.5) is 0 Å². The van der Waals surface area contributed by atoms with Crippen molar-refractivity contribution in [1.29, 1.82) is 0 Å². The minimum absolute atomic E-state index is 0.152. The molecule has 0 amide bonds. The summed E-state index contributed by atoms with van der Waals surface area (Å²) >= 11 is 0. The molecule has 118 valence electrons. The molecule has 0 saturated heterocycles. The van der Waals surface area contributed by atoms with Crippen LogP contribution in [0.1, 0.15) is 51.0 Å². The Bertz CT molecular complexity index is 390. The van der Waals surface area contributed by atoms with Crippen molar-refractivity contribution in [1.82, 2.24) is 5.32 Å². The molecule has 2 N–H and O–H groups in total. The fourth-order valence-corrected chi connectivity index (χ4v) is 2.03. The number of unbranched alkanes of at least 4 members (excludes halogenated alkanes) is 4. The van der Waals surface area contributed by atoms with Gasteiger partial charge < -0.3 is 15.2 Å². The maximum Gasteiger partial charge on any atom is 0.304 e. The van der Waals surface area contributed by atoms with Crippen LogP contribution in [0.25, 0.3) is 0 Å². The van der Waals surface area contributed by atoms with Gasteiger partial charge in [-0.2, -0.15) is 0 Å². The lowest BCUT2D eigenvalue weighted by Gasteiger charge is -2.08. The SMILES string of the molecule is CCCCCCCOc1ccc(CNCCC(=O)O)cc1. The third kappa shape index (κ3) is 9.08. The second-order valence-electron chi connectivity index (χ2n) is 5.23. The molecule has 0 atom stereocenters. The molecule has 4 heteroatoms. The second kappa shape index (κ2) is 11.1. The molecule has 0 unspecified atom stereocenters. The van der Waals surface area contributed by atoms with Gasteiger partial charge in [-0.15, -0.1) is 0 Å². The molecular weight excluding hydrogens is 266 g/mol. The predicted molar refractivity (Wildman–Crippen MR) is 84.7 cm³/mol. The summed E-state index contributed by atoms with van der Waals surface area (Å²) in [6, 6.07) is 7.97. The van der Waals surface area contributed by atoms with E-state index in [2.05, 4.69) is 12.2 Å². The molecule has 1 aromatic carbocycles. The Labute approximate surface area is 127 Å². The van der Waals surface area contributed by atoms with Gasteiger partial charge in [0.05, 0.1) is 13.0 Å². The molecule has 0 aliphatic carbocycles. The van der Waals surface area contributed by atoms with E-state index in [4.69, 9.17) is 9.84 Å². The average molecular weight is 293 g/mol. The number of hydrogen-bond donors (Lipinski definition) is 2. The van der Waals surface area contributed by atoms with Crippen molar-refractivity contribution in [3.63, 3.8) is 0 Å². The molecule has 0 heterocycles. The highest BCUT2D eigenvalue weighted by Crippen LogP contribution is 2.13. The van der Waals surface area contributed by atoms with E-state index in [0.29, 0.717) is 13.1 Å². The Balaban J connectivity index is 2.13. The van der Waals surface area contributed by atoms with Gasteiger partial charge in [0.15, 0.2) is 0 Å². The predicted octanol–water partition coefficient (Wildman–Crippen LogP) is 3.60. The molecule has 0 spiro atoms. The van der Waals surface area contributed by atoms with Crippen molar-refractivity contribution < 1.29 is 14.6 Å². The quantitative estimate of drug-likeness (QED) is 0.578. The van der Waals surface area contributed by atoms with E-state index in [9.17, 15) is 4.79 Å². The van der Waals surface area contributed by atoms with E-state index < -0.39 is 5.97 Å². The van der Waals surface area contributed by atoms with Crippen LogP contribution < -0.4 is 10.1 Å². The Morgan fingerprint density at radius 1 is 1.14 bits per heavy atom. The number of aliphatic carboxylic acids is 1. The lowest BCUT2D eigenvalue weighted by molar-refractivity contribution is -0.136. The molecule has 0 aliphatic rings. The zero-order chi connectivity index (χ0) is 15.3. The molecule has 0 radical (unpaired) electrons. The first-order valence-corrected chi connectivity index (χ1v) is 7.86. The van der Waals surface area contributed by atoms with E-state index in [1.807, 2.05) is 24.3 Å². The van der Waals surface area contributed by atoms with Crippen LogP contribution in [-0.2, 0) is 11.3 Å². The number of carbonyl (C=O) groups is 1. The van der Waals surface area contributed by atoms with Crippen LogP contribution in [0.5, 0.6) is 5.75 Å². The highest BCUT2D eigenvalue weighted by molar-refractivity contribution is 5.66.